The molecule has 0 radical (unpaired) electrons. The molecule has 0 amide bonds. The Morgan fingerprint density at radius 1 is 1.69 bits per heavy atom. The third-order valence-electron chi connectivity index (χ3n) is 3.18. The zero-order valence-electron chi connectivity index (χ0n) is 9.61. The average molecular weight is 241 g/mol. The number of rotatable bonds is 4. The fourth-order valence-electron chi connectivity index (χ4n) is 2.21. The number of aliphatic hydroxyl groups excluding tert-OH is 1. The predicted octanol–water partition coefficient (Wildman–Crippen LogP) is 1.77. The number of hydrogen-bond acceptors (Lipinski definition) is 4. The number of nitrogens with one attached hydrogen (secondary N) is 1. The molecule has 4 heteroatoms. The zero-order valence-corrected chi connectivity index (χ0v) is 10.4. The monoisotopic (exact) mass is 241 g/mol. The standard InChI is InChI=1S/C12H19NO2S/c1-10-7-12(9-14,4-5-15-10)13-8-11-3-2-6-16-11/h2-3,6,10,13-14H,4-5,7-9H2,1H3. The maximum atomic E-state index is 9.57. The number of hydrogen-bond donors (Lipinski definition) is 2. The summed E-state index contributed by atoms with van der Waals surface area (Å²) >= 11 is 1.75. The molecule has 1 aliphatic heterocycles. The first-order valence-corrected chi connectivity index (χ1v) is 6.62. The van der Waals surface area contributed by atoms with Crippen LogP contribution in [0.3, 0.4) is 0 Å². The Kier molecular flexibility index (Phi) is 3.97. The van der Waals surface area contributed by atoms with E-state index in [4.69, 9.17) is 4.74 Å². The van der Waals surface area contributed by atoms with Gasteiger partial charge in [0.2, 0.25) is 0 Å². The molecule has 1 aromatic rings. The van der Waals surface area contributed by atoms with Gasteiger partial charge in [-0.2, -0.15) is 0 Å². The second-order valence-electron chi connectivity index (χ2n) is 4.51. The Bertz CT molecular complexity index is 315. The lowest BCUT2D eigenvalue weighted by atomic mass is 9.87. The van der Waals surface area contributed by atoms with Crippen LogP contribution in [0.15, 0.2) is 17.5 Å². The molecule has 90 valence electrons. The molecular weight excluding hydrogens is 222 g/mol. The van der Waals surface area contributed by atoms with Gasteiger partial charge in [-0.15, -0.1) is 11.3 Å². The minimum atomic E-state index is -0.151. The van der Waals surface area contributed by atoms with Gasteiger partial charge in [-0.3, -0.25) is 0 Å². The predicted molar refractivity (Wildman–Crippen MR) is 65.6 cm³/mol. The van der Waals surface area contributed by atoms with E-state index >= 15 is 0 Å². The van der Waals surface area contributed by atoms with Crippen LogP contribution in [0, 0.1) is 0 Å². The van der Waals surface area contributed by atoms with E-state index in [1.165, 1.54) is 4.88 Å². The van der Waals surface area contributed by atoms with E-state index < -0.39 is 0 Å². The first-order valence-electron chi connectivity index (χ1n) is 5.74. The van der Waals surface area contributed by atoms with Gasteiger partial charge in [-0.25, -0.2) is 0 Å². The summed E-state index contributed by atoms with van der Waals surface area (Å²) in [7, 11) is 0. The Morgan fingerprint density at radius 2 is 2.56 bits per heavy atom. The summed E-state index contributed by atoms with van der Waals surface area (Å²) in [5, 5.41) is 15.1. The second-order valence-corrected chi connectivity index (χ2v) is 5.54. The van der Waals surface area contributed by atoms with E-state index in [1.807, 2.05) is 0 Å². The summed E-state index contributed by atoms with van der Waals surface area (Å²) in [5.41, 5.74) is -0.151. The third-order valence-corrected chi connectivity index (χ3v) is 4.06. The smallest absolute Gasteiger partial charge is 0.0615 e. The van der Waals surface area contributed by atoms with Crippen LogP contribution in [0.2, 0.25) is 0 Å². The highest BCUT2D eigenvalue weighted by Gasteiger charge is 2.34. The Labute approximate surface area is 100 Å². The number of ether oxygens (including phenoxy) is 1. The van der Waals surface area contributed by atoms with Crippen molar-refractivity contribution in [3.05, 3.63) is 22.4 Å². The molecule has 2 heterocycles. The van der Waals surface area contributed by atoms with Gasteiger partial charge in [-0.05, 0) is 31.2 Å². The van der Waals surface area contributed by atoms with Gasteiger partial charge < -0.3 is 15.2 Å². The van der Waals surface area contributed by atoms with Crippen LogP contribution < -0.4 is 5.32 Å². The van der Waals surface area contributed by atoms with Crippen molar-refractivity contribution in [3.63, 3.8) is 0 Å². The molecule has 0 spiro atoms. The molecule has 2 atom stereocenters. The summed E-state index contributed by atoms with van der Waals surface area (Å²) in [6.07, 6.45) is 2.01. The van der Waals surface area contributed by atoms with E-state index in [-0.39, 0.29) is 18.2 Å². The van der Waals surface area contributed by atoms with E-state index in [1.54, 1.807) is 11.3 Å². The molecule has 3 nitrogen and oxygen atoms in total. The quantitative estimate of drug-likeness (QED) is 0.844. The molecule has 1 fully saturated rings. The number of thiophene rings is 1. The van der Waals surface area contributed by atoms with Crippen molar-refractivity contribution in [2.24, 2.45) is 0 Å². The molecule has 1 saturated heterocycles. The molecule has 0 aromatic carbocycles. The zero-order chi connectivity index (χ0) is 11.4. The largest absolute Gasteiger partial charge is 0.394 e. The molecule has 0 aliphatic carbocycles. The summed E-state index contributed by atoms with van der Waals surface area (Å²) in [4.78, 5) is 1.31. The van der Waals surface area contributed by atoms with Gasteiger partial charge >= 0.3 is 0 Å². The molecule has 0 saturated carbocycles. The highest BCUT2D eigenvalue weighted by Crippen LogP contribution is 2.25. The fraction of sp³-hybridized carbons (Fsp3) is 0.667. The lowest BCUT2D eigenvalue weighted by Crippen LogP contribution is -2.53. The molecule has 2 unspecified atom stereocenters. The molecule has 16 heavy (non-hydrogen) atoms. The van der Waals surface area contributed by atoms with Gasteiger partial charge in [0.25, 0.3) is 0 Å². The maximum absolute atomic E-state index is 9.57. The van der Waals surface area contributed by atoms with Crippen molar-refractivity contribution in [2.45, 2.75) is 38.0 Å². The average Bonchev–Trinajstić information content (AvgIpc) is 2.79. The van der Waals surface area contributed by atoms with Crippen molar-refractivity contribution in [2.75, 3.05) is 13.2 Å². The fourth-order valence-corrected chi connectivity index (χ4v) is 2.86. The van der Waals surface area contributed by atoms with Gasteiger partial charge in [0, 0.05) is 23.6 Å². The normalized spacial score (nSPS) is 30.5. The Balaban J connectivity index is 1.93. The van der Waals surface area contributed by atoms with Crippen molar-refractivity contribution >= 4 is 11.3 Å². The molecule has 2 N–H and O–H groups in total. The van der Waals surface area contributed by atoms with Crippen LogP contribution in [0.4, 0.5) is 0 Å². The van der Waals surface area contributed by atoms with E-state index in [2.05, 4.69) is 29.8 Å². The first kappa shape index (κ1) is 12.0. The minimum absolute atomic E-state index is 0.151. The van der Waals surface area contributed by atoms with Crippen LogP contribution in [0.25, 0.3) is 0 Å². The highest BCUT2D eigenvalue weighted by atomic mass is 32.1. The first-order chi connectivity index (χ1) is 7.74. The van der Waals surface area contributed by atoms with Crippen LogP contribution in [-0.4, -0.2) is 30.0 Å². The van der Waals surface area contributed by atoms with E-state index in [0.29, 0.717) is 0 Å². The van der Waals surface area contributed by atoms with Crippen molar-refractivity contribution in [1.29, 1.82) is 0 Å². The summed E-state index contributed by atoms with van der Waals surface area (Å²) in [6.45, 7) is 3.83. The summed E-state index contributed by atoms with van der Waals surface area (Å²) < 4.78 is 5.52. The van der Waals surface area contributed by atoms with E-state index in [0.717, 1.165) is 26.0 Å². The molecular formula is C12H19NO2S. The third kappa shape index (κ3) is 2.83. The van der Waals surface area contributed by atoms with Crippen LogP contribution >= 0.6 is 11.3 Å². The minimum Gasteiger partial charge on any atom is -0.394 e. The molecule has 0 bridgehead atoms. The Morgan fingerprint density at radius 3 is 3.19 bits per heavy atom. The van der Waals surface area contributed by atoms with Crippen molar-refractivity contribution in [1.82, 2.24) is 5.32 Å². The number of aliphatic hydroxyl groups is 1. The molecule has 2 rings (SSSR count). The van der Waals surface area contributed by atoms with Gasteiger partial charge in [0.05, 0.1) is 12.7 Å². The molecule has 1 aromatic heterocycles. The summed E-state index contributed by atoms with van der Waals surface area (Å²) in [5.74, 6) is 0. The van der Waals surface area contributed by atoms with Gasteiger partial charge in [0.1, 0.15) is 0 Å². The van der Waals surface area contributed by atoms with Crippen molar-refractivity contribution in [3.8, 4) is 0 Å². The van der Waals surface area contributed by atoms with Crippen molar-refractivity contribution < 1.29 is 9.84 Å². The van der Waals surface area contributed by atoms with Gasteiger partial charge in [-0.1, -0.05) is 6.07 Å². The Hall–Kier alpha value is -0.420. The lowest BCUT2D eigenvalue weighted by Gasteiger charge is -2.39. The maximum Gasteiger partial charge on any atom is 0.0615 e. The van der Waals surface area contributed by atoms with Crippen LogP contribution in [-0.2, 0) is 11.3 Å². The van der Waals surface area contributed by atoms with Crippen LogP contribution in [0.5, 0.6) is 0 Å². The summed E-state index contributed by atoms with van der Waals surface area (Å²) in [6, 6.07) is 4.17. The van der Waals surface area contributed by atoms with E-state index in [9.17, 15) is 5.11 Å². The second kappa shape index (κ2) is 5.27. The SMILES string of the molecule is CC1CC(CO)(NCc2cccs2)CCO1. The van der Waals surface area contributed by atoms with Crippen LogP contribution in [0.1, 0.15) is 24.6 Å². The highest BCUT2D eigenvalue weighted by molar-refractivity contribution is 7.09. The topological polar surface area (TPSA) is 41.5 Å². The lowest BCUT2D eigenvalue weighted by molar-refractivity contribution is -0.0364. The molecule has 1 aliphatic rings. The van der Waals surface area contributed by atoms with Gasteiger partial charge in [0.15, 0.2) is 0 Å².